The summed E-state index contributed by atoms with van der Waals surface area (Å²) >= 11 is 0. The van der Waals surface area contributed by atoms with Gasteiger partial charge in [0.05, 0.1) is 0 Å². The number of hydrazone groups is 1. The van der Waals surface area contributed by atoms with E-state index in [0.717, 1.165) is 24.8 Å². The first-order valence-corrected chi connectivity index (χ1v) is 9.82. The fraction of sp³-hybridized carbons (Fsp3) is 0.429. The number of unbranched alkanes of at least 4 members (excludes halogenated alkanes) is 2. The molecule has 4 heteroatoms. The Morgan fingerprint density at radius 2 is 1.83 bits per heavy atom. The van der Waals surface area contributed by atoms with Crippen molar-refractivity contribution in [1.82, 2.24) is 0 Å². The van der Waals surface area contributed by atoms with Crippen molar-refractivity contribution in [3.05, 3.63) is 30.3 Å². The Morgan fingerprint density at radius 1 is 1.17 bits per heavy atom. The minimum absolute atomic E-state index is 0.615. The van der Waals surface area contributed by atoms with Gasteiger partial charge in [-0.25, -0.2) is 0 Å². The summed E-state index contributed by atoms with van der Waals surface area (Å²) in [5.74, 6) is 0. The van der Waals surface area contributed by atoms with E-state index in [1.807, 2.05) is 24.4 Å². The van der Waals surface area contributed by atoms with Crippen molar-refractivity contribution in [2.75, 3.05) is 4.67 Å². The summed E-state index contributed by atoms with van der Waals surface area (Å²) in [6, 6.07) is 10.2. The van der Waals surface area contributed by atoms with Crippen LogP contribution < -0.4 is 4.67 Å². The number of carbonyl (C=O) groups excluding carboxylic acids is 1. The number of carbonyl (C=O) groups is 1. The molecule has 0 saturated carbocycles. The highest BCUT2D eigenvalue weighted by molar-refractivity contribution is 6.79. The molecule has 98 valence electrons. The van der Waals surface area contributed by atoms with Gasteiger partial charge in [0.25, 0.3) is 0 Å². The second kappa shape index (κ2) is 7.11. The molecular weight excluding hydrogens is 240 g/mol. The molecule has 0 aliphatic heterocycles. The molecule has 0 aliphatic rings. The number of benzene rings is 1. The second-order valence-electron chi connectivity index (χ2n) is 5.21. The Balaban J connectivity index is 2.72. The van der Waals surface area contributed by atoms with Gasteiger partial charge in [-0.2, -0.15) is 5.10 Å². The van der Waals surface area contributed by atoms with Gasteiger partial charge in [0.2, 0.25) is 0 Å². The summed E-state index contributed by atoms with van der Waals surface area (Å²) in [6.45, 7) is 6.80. The van der Waals surface area contributed by atoms with E-state index >= 15 is 0 Å². The number of hydrogen-bond acceptors (Lipinski definition) is 3. The van der Waals surface area contributed by atoms with Crippen LogP contribution in [0, 0.1) is 0 Å². The van der Waals surface area contributed by atoms with Gasteiger partial charge in [-0.15, -0.1) is 0 Å². The van der Waals surface area contributed by atoms with Crippen LogP contribution in [0.2, 0.25) is 19.6 Å². The standard InChI is InChI=1S/C14H22N2OSi/c1-18(2,3)16(14-10-6-4-7-11-14)15-12-8-5-9-13-17/h4,6-7,10-13H,5,8-9H2,1-3H3/b15-12+. The summed E-state index contributed by atoms with van der Waals surface area (Å²) in [7, 11) is -1.53. The maximum atomic E-state index is 10.2. The van der Waals surface area contributed by atoms with E-state index in [4.69, 9.17) is 0 Å². The van der Waals surface area contributed by atoms with E-state index in [1.54, 1.807) is 0 Å². The van der Waals surface area contributed by atoms with E-state index < -0.39 is 8.24 Å². The first kappa shape index (κ1) is 14.6. The Hall–Kier alpha value is -1.42. The number of hydrogen-bond donors (Lipinski definition) is 0. The van der Waals surface area contributed by atoms with Crippen molar-refractivity contribution in [2.45, 2.75) is 38.9 Å². The first-order chi connectivity index (χ1) is 8.55. The minimum Gasteiger partial charge on any atom is -0.303 e. The van der Waals surface area contributed by atoms with Crippen LogP contribution in [0.3, 0.4) is 0 Å². The predicted octanol–water partition coefficient (Wildman–Crippen LogP) is 3.68. The number of para-hydroxylation sites is 1. The molecule has 0 radical (unpaired) electrons. The highest BCUT2D eigenvalue weighted by Gasteiger charge is 2.23. The van der Waals surface area contributed by atoms with Crippen molar-refractivity contribution in [3.8, 4) is 0 Å². The van der Waals surface area contributed by atoms with Gasteiger partial charge < -0.3 is 4.79 Å². The van der Waals surface area contributed by atoms with Gasteiger partial charge in [-0.05, 0) is 44.6 Å². The normalized spacial score (nSPS) is 11.7. The van der Waals surface area contributed by atoms with Crippen molar-refractivity contribution >= 4 is 26.4 Å². The van der Waals surface area contributed by atoms with Crippen LogP contribution in [0.4, 0.5) is 5.69 Å². The zero-order valence-corrected chi connectivity index (χ0v) is 12.5. The van der Waals surface area contributed by atoms with Crippen LogP contribution in [0.1, 0.15) is 19.3 Å². The largest absolute Gasteiger partial charge is 0.303 e. The third-order valence-electron chi connectivity index (χ3n) is 2.49. The number of anilines is 1. The lowest BCUT2D eigenvalue weighted by Crippen LogP contribution is -2.42. The molecule has 1 aromatic rings. The zero-order chi connectivity index (χ0) is 13.4. The molecular formula is C14H22N2OSi. The zero-order valence-electron chi connectivity index (χ0n) is 11.5. The molecule has 0 N–H and O–H groups in total. The first-order valence-electron chi connectivity index (χ1n) is 6.37. The minimum atomic E-state index is -1.53. The smallest absolute Gasteiger partial charge is 0.176 e. The fourth-order valence-electron chi connectivity index (χ4n) is 1.63. The molecule has 0 unspecified atom stereocenters. The molecule has 3 nitrogen and oxygen atoms in total. The quantitative estimate of drug-likeness (QED) is 0.247. The van der Waals surface area contributed by atoms with Gasteiger partial charge in [0.15, 0.2) is 8.24 Å². The molecule has 0 spiro atoms. The fourth-order valence-corrected chi connectivity index (χ4v) is 2.98. The third-order valence-corrected chi connectivity index (χ3v) is 4.13. The highest BCUT2D eigenvalue weighted by atomic mass is 28.3. The number of rotatable bonds is 7. The lowest BCUT2D eigenvalue weighted by Gasteiger charge is -2.31. The second-order valence-corrected chi connectivity index (χ2v) is 9.98. The van der Waals surface area contributed by atoms with Crippen LogP contribution in [-0.4, -0.2) is 20.7 Å². The Kier molecular flexibility index (Phi) is 5.78. The average Bonchev–Trinajstić information content (AvgIpc) is 2.33. The monoisotopic (exact) mass is 262 g/mol. The molecule has 18 heavy (non-hydrogen) atoms. The molecule has 0 aliphatic carbocycles. The summed E-state index contributed by atoms with van der Waals surface area (Å²) < 4.78 is 2.15. The van der Waals surface area contributed by atoms with Crippen LogP contribution in [-0.2, 0) is 4.79 Å². The molecule has 1 aromatic carbocycles. The van der Waals surface area contributed by atoms with E-state index in [0.29, 0.717) is 6.42 Å². The Bertz CT molecular complexity index is 385. The lowest BCUT2D eigenvalue weighted by molar-refractivity contribution is -0.107. The SMILES string of the molecule is C[Si](C)(C)N(/N=C/CCCC=O)c1ccccc1. The van der Waals surface area contributed by atoms with Crippen molar-refractivity contribution in [1.29, 1.82) is 0 Å². The average molecular weight is 262 g/mol. The van der Waals surface area contributed by atoms with E-state index in [9.17, 15) is 4.79 Å². The maximum absolute atomic E-state index is 10.2. The van der Waals surface area contributed by atoms with Crippen molar-refractivity contribution < 1.29 is 4.79 Å². The topological polar surface area (TPSA) is 32.7 Å². The van der Waals surface area contributed by atoms with Gasteiger partial charge >= 0.3 is 0 Å². The summed E-state index contributed by atoms with van der Waals surface area (Å²) in [6.07, 6.45) is 5.23. The summed E-state index contributed by atoms with van der Waals surface area (Å²) in [5.41, 5.74) is 1.14. The third kappa shape index (κ3) is 4.83. The Labute approximate surface area is 111 Å². The summed E-state index contributed by atoms with van der Waals surface area (Å²) in [5, 5.41) is 4.59. The van der Waals surface area contributed by atoms with Crippen LogP contribution in [0.5, 0.6) is 0 Å². The lowest BCUT2D eigenvalue weighted by atomic mass is 10.3. The van der Waals surface area contributed by atoms with E-state index in [2.05, 4.69) is 41.5 Å². The molecule has 0 atom stereocenters. The molecule has 0 bridgehead atoms. The van der Waals surface area contributed by atoms with Gasteiger partial charge in [-0.1, -0.05) is 18.2 Å². The molecule has 0 aromatic heterocycles. The van der Waals surface area contributed by atoms with Gasteiger partial charge in [0.1, 0.15) is 6.29 Å². The molecule has 0 saturated heterocycles. The number of aldehydes is 1. The molecule has 1 rings (SSSR count). The van der Waals surface area contributed by atoms with E-state index in [1.165, 1.54) is 0 Å². The summed E-state index contributed by atoms with van der Waals surface area (Å²) in [4.78, 5) is 10.2. The highest BCUT2D eigenvalue weighted by Crippen LogP contribution is 2.21. The van der Waals surface area contributed by atoms with Crippen LogP contribution in [0.15, 0.2) is 35.4 Å². The molecule has 0 fully saturated rings. The van der Waals surface area contributed by atoms with E-state index in [-0.39, 0.29) is 0 Å². The molecule has 0 heterocycles. The van der Waals surface area contributed by atoms with Crippen molar-refractivity contribution in [3.63, 3.8) is 0 Å². The van der Waals surface area contributed by atoms with Crippen LogP contribution >= 0.6 is 0 Å². The van der Waals surface area contributed by atoms with Gasteiger partial charge in [0, 0.05) is 18.3 Å². The van der Waals surface area contributed by atoms with Crippen LogP contribution in [0.25, 0.3) is 0 Å². The van der Waals surface area contributed by atoms with Gasteiger partial charge in [-0.3, -0.25) is 4.67 Å². The van der Waals surface area contributed by atoms with Crippen molar-refractivity contribution in [2.24, 2.45) is 5.10 Å². The Morgan fingerprint density at radius 3 is 2.39 bits per heavy atom. The molecule has 0 amide bonds. The number of nitrogens with zero attached hydrogens (tertiary/aromatic N) is 2. The maximum Gasteiger partial charge on any atom is 0.176 e. The predicted molar refractivity (Wildman–Crippen MR) is 80.7 cm³/mol.